The highest BCUT2D eigenvalue weighted by atomic mass is 19.1. The Morgan fingerprint density at radius 1 is 1.00 bits per heavy atom. The van der Waals surface area contributed by atoms with Crippen molar-refractivity contribution >= 4 is 33.7 Å². The van der Waals surface area contributed by atoms with Crippen LogP contribution in [0.5, 0.6) is 11.8 Å². The number of fused-ring (bicyclic) bond motifs is 4. The third-order valence-corrected chi connectivity index (χ3v) is 12.5. The maximum Gasteiger partial charge on any atom is 0.410 e. The summed E-state index contributed by atoms with van der Waals surface area (Å²) in [5.41, 5.74) is 5.43. The van der Waals surface area contributed by atoms with Gasteiger partial charge in [0.25, 0.3) is 0 Å². The lowest BCUT2D eigenvalue weighted by Crippen LogP contribution is -2.50. The van der Waals surface area contributed by atoms with Gasteiger partial charge in [-0.2, -0.15) is 15.1 Å². The van der Waals surface area contributed by atoms with Gasteiger partial charge in [-0.05, 0) is 107 Å². The van der Waals surface area contributed by atoms with E-state index >= 15 is 4.39 Å². The quantitative estimate of drug-likeness (QED) is 0.134. The third-order valence-electron chi connectivity index (χ3n) is 12.5. The molecular weight excluding hydrogens is 764 g/mol. The Balaban J connectivity index is 1.17. The van der Waals surface area contributed by atoms with E-state index < -0.39 is 5.60 Å². The summed E-state index contributed by atoms with van der Waals surface area (Å²) in [6, 6.07) is 11.7. The van der Waals surface area contributed by atoms with Gasteiger partial charge >= 0.3 is 12.1 Å². The molecule has 6 heterocycles. The molecule has 1 saturated carbocycles. The Hall–Kier alpha value is -5.45. The van der Waals surface area contributed by atoms with Gasteiger partial charge in [-0.15, -0.1) is 6.42 Å². The van der Waals surface area contributed by atoms with Crippen molar-refractivity contribution in [1.29, 1.82) is 0 Å². The molecule has 4 atom stereocenters. The number of hydrogen-bond acceptors (Lipinski definition) is 10. The van der Waals surface area contributed by atoms with Gasteiger partial charge in [0.1, 0.15) is 35.5 Å². The number of carbonyl (C=O) groups excluding carboxylic acids is 1. The van der Waals surface area contributed by atoms with Crippen LogP contribution < -0.4 is 14.4 Å². The number of rotatable bonds is 9. The van der Waals surface area contributed by atoms with Crippen molar-refractivity contribution in [3.63, 3.8) is 0 Å². The smallest absolute Gasteiger partial charge is 0.410 e. The number of likely N-dealkylation sites (tertiary alicyclic amines) is 1. The molecule has 0 spiro atoms. The zero-order valence-corrected chi connectivity index (χ0v) is 34.7. The Kier molecular flexibility index (Phi) is 9.83. The predicted octanol–water partition coefficient (Wildman–Crippen LogP) is 8.60. The first-order chi connectivity index (χ1) is 29.0. The summed E-state index contributed by atoms with van der Waals surface area (Å²) in [6.07, 6.45) is 13.0. The van der Waals surface area contributed by atoms with Crippen molar-refractivity contribution in [1.82, 2.24) is 24.6 Å². The molecule has 1 aliphatic carbocycles. The van der Waals surface area contributed by atoms with Crippen molar-refractivity contribution in [3.8, 4) is 35.2 Å². The lowest BCUT2D eigenvalue weighted by Gasteiger charge is -2.36. The maximum atomic E-state index is 16.5. The van der Waals surface area contributed by atoms with Gasteiger partial charge in [0.2, 0.25) is 0 Å². The molecule has 5 aromatic rings. The Labute approximate surface area is 349 Å². The molecule has 312 valence electrons. The van der Waals surface area contributed by atoms with E-state index in [9.17, 15) is 4.79 Å². The van der Waals surface area contributed by atoms with Gasteiger partial charge < -0.3 is 33.5 Å². The van der Waals surface area contributed by atoms with Gasteiger partial charge in [-0.1, -0.05) is 18.1 Å². The highest BCUT2D eigenvalue weighted by Crippen LogP contribution is 2.54. The number of carbonyl (C=O) groups is 1. The fourth-order valence-electron chi connectivity index (χ4n) is 9.41. The first-order valence-electron chi connectivity index (χ1n) is 21.4. The normalized spacial score (nSPS) is 22.8. The second-order valence-corrected chi connectivity index (χ2v) is 17.9. The number of anilines is 1. The number of terminal acetylenes is 1. The molecule has 1 unspecified atom stereocenters. The average molecular weight is 815 g/mol. The van der Waals surface area contributed by atoms with Crippen molar-refractivity contribution < 1.29 is 32.9 Å². The molecule has 1 amide bonds. The number of hydrogen-bond donors (Lipinski definition) is 0. The number of ether oxygens (including phenoxy) is 5. The van der Waals surface area contributed by atoms with E-state index in [0.717, 1.165) is 82.9 Å². The Bertz CT molecular complexity index is 2510. The minimum Gasteiger partial charge on any atom is -0.486 e. The number of aromatic nitrogens is 4. The first kappa shape index (κ1) is 38.7. The fraction of sp³-hybridized carbons (Fsp3) is 0.489. The molecule has 2 aromatic heterocycles. The van der Waals surface area contributed by atoms with E-state index in [2.05, 4.69) is 16.9 Å². The predicted molar refractivity (Wildman–Crippen MR) is 225 cm³/mol. The van der Waals surface area contributed by atoms with E-state index in [1.54, 1.807) is 6.07 Å². The highest BCUT2D eigenvalue weighted by molar-refractivity contribution is 6.06. The Morgan fingerprint density at radius 3 is 2.52 bits per heavy atom. The number of amides is 1. The van der Waals surface area contributed by atoms with Crippen LogP contribution in [-0.2, 0) is 20.8 Å². The molecule has 3 aromatic carbocycles. The number of halogens is 1. The van der Waals surface area contributed by atoms with Crippen LogP contribution in [-0.4, -0.2) is 87.4 Å². The van der Waals surface area contributed by atoms with Gasteiger partial charge in [0.15, 0.2) is 12.0 Å². The van der Waals surface area contributed by atoms with Crippen LogP contribution in [0.4, 0.5) is 15.0 Å². The second kappa shape index (κ2) is 15.2. The van der Waals surface area contributed by atoms with Crippen molar-refractivity contribution in [3.05, 3.63) is 70.7 Å². The molecule has 4 saturated heterocycles. The SMILES string of the molecule is C#Cc1ccc(COc2c(-c3c(C)c(F)cc4c3cnn4C3CCCCO3)c(C3CC3)cc3c(N4C[C@@H]5C[C@H]4CN5C(=O)OC(C)(C)C)nc(O[C@@H]4CCOC4)nc23)cc1. The fourth-order valence-corrected chi connectivity index (χ4v) is 9.41. The molecule has 12 nitrogen and oxygen atoms in total. The van der Waals surface area contributed by atoms with Gasteiger partial charge in [0.05, 0.1) is 37.0 Å². The maximum absolute atomic E-state index is 16.5. The van der Waals surface area contributed by atoms with Crippen LogP contribution in [0.25, 0.3) is 32.9 Å². The summed E-state index contributed by atoms with van der Waals surface area (Å²) in [4.78, 5) is 27.8. The van der Waals surface area contributed by atoms with E-state index in [1.807, 2.05) is 67.7 Å². The molecule has 10 rings (SSSR count). The third kappa shape index (κ3) is 7.17. The van der Waals surface area contributed by atoms with Crippen molar-refractivity contribution in [2.75, 3.05) is 37.8 Å². The van der Waals surface area contributed by atoms with Crippen LogP contribution in [0.1, 0.15) is 100 Å². The van der Waals surface area contributed by atoms with E-state index in [1.165, 1.54) is 0 Å². The molecular formula is C47H51FN6O6. The van der Waals surface area contributed by atoms with Crippen LogP contribution in [0.2, 0.25) is 0 Å². The van der Waals surface area contributed by atoms with E-state index in [0.29, 0.717) is 61.7 Å². The van der Waals surface area contributed by atoms with Crippen LogP contribution in [0.15, 0.2) is 42.6 Å². The lowest BCUT2D eigenvalue weighted by atomic mass is 9.88. The zero-order valence-electron chi connectivity index (χ0n) is 34.7. The van der Waals surface area contributed by atoms with Crippen molar-refractivity contribution in [2.45, 2.75) is 115 Å². The van der Waals surface area contributed by atoms with Crippen molar-refractivity contribution in [2.24, 2.45) is 0 Å². The topological polar surface area (TPSA) is 113 Å². The van der Waals surface area contributed by atoms with Gasteiger partial charge in [-0.25, -0.2) is 13.9 Å². The number of benzene rings is 3. The summed E-state index contributed by atoms with van der Waals surface area (Å²) in [7, 11) is 0. The summed E-state index contributed by atoms with van der Waals surface area (Å²) < 4.78 is 49.6. The summed E-state index contributed by atoms with van der Waals surface area (Å²) in [6.45, 7) is 10.5. The standard InChI is InChI=1S/C47H51FN6O6/c1-6-28-10-12-29(13-11-28)25-58-43-41(40-27(2)37(48)21-38-36(40)22-49-54(38)39-9-7-8-17-57-39)34(30-14-15-30)20-35-42(43)50-45(59-33-16-18-56-26-33)51-44(35)52-23-32-19-31(52)24-53(32)46(55)60-47(3,4)5/h1,10-13,20-22,30-33,39H,7-9,14-19,23-26H2,2-5H3/t31-,32-,33+,39?/m0/s1. The summed E-state index contributed by atoms with van der Waals surface area (Å²) in [5, 5.41) is 6.48. The van der Waals surface area contributed by atoms with Crippen LogP contribution in [0.3, 0.4) is 0 Å². The average Bonchev–Trinajstić information content (AvgIpc) is 3.55. The van der Waals surface area contributed by atoms with Crippen LogP contribution in [0, 0.1) is 25.1 Å². The molecule has 5 aliphatic rings. The zero-order chi connectivity index (χ0) is 41.3. The molecule has 60 heavy (non-hydrogen) atoms. The summed E-state index contributed by atoms with van der Waals surface area (Å²) >= 11 is 0. The molecule has 5 fully saturated rings. The van der Waals surface area contributed by atoms with Gasteiger partial charge in [0, 0.05) is 59.6 Å². The molecule has 2 bridgehead atoms. The minimum absolute atomic E-state index is 0.00399. The minimum atomic E-state index is -0.595. The van der Waals surface area contributed by atoms with Crippen LogP contribution >= 0.6 is 0 Å². The van der Waals surface area contributed by atoms with E-state index in [4.69, 9.17) is 45.2 Å². The monoisotopic (exact) mass is 814 g/mol. The highest BCUT2D eigenvalue weighted by Gasteiger charge is 2.48. The first-order valence-corrected chi connectivity index (χ1v) is 21.4. The molecule has 13 heteroatoms. The number of piperazine rings is 1. The molecule has 0 radical (unpaired) electrons. The van der Waals surface area contributed by atoms with E-state index in [-0.39, 0.29) is 54.9 Å². The number of nitrogens with zero attached hydrogens (tertiary/aromatic N) is 6. The van der Waals surface area contributed by atoms with Gasteiger partial charge in [-0.3, -0.25) is 0 Å². The lowest BCUT2D eigenvalue weighted by molar-refractivity contribution is -0.0366. The Morgan fingerprint density at radius 2 is 1.83 bits per heavy atom. The molecule has 0 N–H and O–H groups in total. The largest absolute Gasteiger partial charge is 0.486 e. The molecule has 4 aliphatic heterocycles. The summed E-state index contributed by atoms with van der Waals surface area (Å²) in [5.74, 6) is 3.84. The second-order valence-electron chi connectivity index (χ2n) is 17.9.